The summed E-state index contributed by atoms with van der Waals surface area (Å²) < 4.78 is 4.92. The van der Waals surface area contributed by atoms with Gasteiger partial charge in [-0.15, -0.1) is 0 Å². The summed E-state index contributed by atoms with van der Waals surface area (Å²) in [4.78, 5) is 36.1. The molecule has 2 heterocycles. The van der Waals surface area contributed by atoms with Crippen LogP contribution in [0.4, 0.5) is 0 Å². The number of imide groups is 1. The molecule has 90 valence electrons. The van der Waals surface area contributed by atoms with Crippen molar-refractivity contribution in [2.24, 2.45) is 0 Å². The van der Waals surface area contributed by atoms with E-state index in [1.807, 2.05) is 0 Å². The fourth-order valence-electron chi connectivity index (χ4n) is 2.10. The number of hydrogen-bond donors (Lipinski definition) is 0. The van der Waals surface area contributed by atoms with Crippen molar-refractivity contribution in [1.82, 2.24) is 4.90 Å². The van der Waals surface area contributed by atoms with Crippen LogP contribution in [0.15, 0.2) is 36.4 Å². The van der Waals surface area contributed by atoms with E-state index in [-0.39, 0.29) is 18.4 Å². The van der Waals surface area contributed by atoms with Crippen LogP contribution in [0.2, 0.25) is 0 Å². The first-order chi connectivity index (χ1) is 8.66. The average Bonchev–Trinajstić information content (AvgIpc) is 2.88. The molecule has 2 aliphatic heterocycles. The minimum Gasteiger partial charge on any atom is -0.453 e. The van der Waals surface area contributed by atoms with Gasteiger partial charge in [0, 0.05) is 6.08 Å². The molecular formula is C13H9NO4. The van der Waals surface area contributed by atoms with Gasteiger partial charge < -0.3 is 4.74 Å². The Hall–Kier alpha value is -2.43. The Morgan fingerprint density at radius 3 is 2.17 bits per heavy atom. The molecule has 0 bridgehead atoms. The largest absolute Gasteiger partial charge is 0.453 e. The number of ether oxygens (including phenoxy) is 1. The lowest BCUT2D eigenvalue weighted by atomic mass is 10.1. The Bertz CT molecular complexity index is 555. The van der Waals surface area contributed by atoms with Crippen LogP contribution >= 0.6 is 0 Å². The van der Waals surface area contributed by atoms with Crippen LogP contribution in [0.1, 0.15) is 20.7 Å². The predicted molar refractivity (Wildman–Crippen MR) is 60.8 cm³/mol. The standard InChI is InChI=1S/C13H9NO4/c15-11-6-5-8(18-11)7-14-12(16)9-3-1-2-4-10(9)13(14)17/h1-6,8H,7H2/t8-/m1/s1. The third-order valence-corrected chi connectivity index (χ3v) is 2.96. The van der Waals surface area contributed by atoms with E-state index >= 15 is 0 Å². The minimum absolute atomic E-state index is 0.0641. The van der Waals surface area contributed by atoms with Crippen molar-refractivity contribution in [3.63, 3.8) is 0 Å². The van der Waals surface area contributed by atoms with Crippen molar-refractivity contribution in [1.29, 1.82) is 0 Å². The summed E-state index contributed by atoms with van der Waals surface area (Å²) in [6.45, 7) is 0.0641. The van der Waals surface area contributed by atoms with E-state index in [0.717, 1.165) is 4.90 Å². The van der Waals surface area contributed by atoms with Gasteiger partial charge in [0.25, 0.3) is 11.8 Å². The zero-order valence-electron chi connectivity index (χ0n) is 9.33. The van der Waals surface area contributed by atoms with Gasteiger partial charge in [-0.3, -0.25) is 14.5 Å². The normalized spacial score (nSPS) is 21.4. The third kappa shape index (κ3) is 1.52. The topological polar surface area (TPSA) is 63.7 Å². The zero-order valence-corrected chi connectivity index (χ0v) is 9.33. The molecule has 5 nitrogen and oxygen atoms in total. The fraction of sp³-hybridized carbons (Fsp3) is 0.154. The molecule has 0 fully saturated rings. The summed E-state index contributed by atoms with van der Waals surface area (Å²) in [6.07, 6.45) is 2.30. The van der Waals surface area contributed by atoms with Gasteiger partial charge in [-0.05, 0) is 18.2 Å². The van der Waals surface area contributed by atoms with Gasteiger partial charge in [-0.1, -0.05) is 12.1 Å². The van der Waals surface area contributed by atoms with Crippen molar-refractivity contribution in [2.45, 2.75) is 6.10 Å². The maximum atomic E-state index is 12.0. The van der Waals surface area contributed by atoms with E-state index in [4.69, 9.17) is 4.74 Å². The molecule has 18 heavy (non-hydrogen) atoms. The molecule has 1 aromatic rings. The second-order valence-corrected chi connectivity index (χ2v) is 4.10. The highest BCUT2D eigenvalue weighted by Crippen LogP contribution is 2.23. The van der Waals surface area contributed by atoms with E-state index in [1.54, 1.807) is 30.3 Å². The van der Waals surface area contributed by atoms with Gasteiger partial charge in [0.1, 0.15) is 6.10 Å². The monoisotopic (exact) mass is 243 g/mol. The first-order valence-electron chi connectivity index (χ1n) is 5.51. The van der Waals surface area contributed by atoms with Crippen molar-refractivity contribution < 1.29 is 19.1 Å². The number of cyclic esters (lactones) is 1. The third-order valence-electron chi connectivity index (χ3n) is 2.96. The van der Waals surface area contributed by atoms with Gasteiger partial charge in [0.2, 0.25) is 0 Å². The first kappa shape index (κ1) is 10.7. The molecule has 0 saturated heterocycles. The molecule has 2 amide bonds. The van der Waals surface area contributed by atoms with Crippen molar-refractivity contribution in [2.75, 3.05) is 6.54 Å². The minimum atomic E-state index is -0.542. The van der Waals surface area contributed by atoms with Gasteiger partial charge in [0.15, 0.2) is 0 Å². The van der Waals surface area contributed by atoms with Crippen molar-refractivity contribution in [3.05, 3.63) is 47.5 Å². The van der Waals surface area contributed by atoms with Crippen LogP contribution in [0, 0.1) is 0 Å². The molecule has 1 aromatic carbocycles. The summed E-state index contributed by atoms with van der Waals surface area (Å²) in [6, 6.07) is 6.66. The number of benzene rings is 1. The summed E-state index contributed by atoms with van der Waals surface area (Å²) >= 11 is 0. The van der Waals surface area contributed by atoms with Crippen LogP contribution in [0.5, 0.6) is 0 Å². The lowest BCUT2D eigenvalue weighted by Crippen LogP contribution is -2.36. The summed E-state index contributed by atoms with van der Waals surface area (Å²) in [7, 11) is 0. The second kappa shape index (κ2) is 3.80. The Morgan fingerprint density at radius 1 is 1.06 bits per heavy atom. The average molecular weight is 243 g/mol. The molecule has 0 aliphatic carbocycles. The molecule has 0 aromatic heterocycles. The number of amides is 2. The van der Waals surface area contributed by atoms with E-state index in [9.17, 15) is 14.4 Å². The van der Waals surface area contributed by atoms with Crippen LogP contribution in [0.3, 0.4) is 0 Å². The number of carbonyl (C=O) groups excluding carboxylic acids is 3. The highest BCUT2D eigenvalue weighted by molar-refractivity contribution is 6.21. The van der Waals surface area contributed by atoms with Crippen LogP contribution in [-0.4, -0.2) is 35.3 Å². The van der Waals surface area contributed by atoms with Crippen molar-refractivity contribution >= 4 is 17.8 Å². The van der Waals surface area contributed by atoms with E-state index in [1.165, 1.54) is 6.08 Å². The van der Waals surface area contributed by atoms with E-state index in [0.29, 0.717) is 11.1 Å². The number of fused-ring (bicyclic) bond motifs is 1. The van der Waals surface area contributed by atoms with Gasteiger partial charge in [0.05, 0.1) is 17.7 Å². The first-order valence-corrected chi connectivity index (χ1v) is 5.51. The SMILES string of the molecule is O=C1C=C[C@H](CN2C(=O)c3ccccc3C2=O)O1. The molecule has 3 rings (SSSR count). The zero-order chi connectivity index (χ0) is 12.7. The Morgan fingerprint density at radius 2 is 1.67 bits per heavy atom. The molecule has 0 N–H and O–H groups in total. The predicted octanol–water partition coefficient (Wildman–Crippen LogP) is 0.764. The number of hydrogen-bond acceptors (Lipinski definition) is 4. The fourth-order valence-corrected chi connectivity index (χ4v) is 2.10. The highest BCUT2D eigenvalue weighted by atomic mass is 16.5. The molecule has 1 atom stereocenters. The summed E-state index contributed by atoms with van der Waals surface area (Å²) in [5.41, 5.74) is 0.798. The highest BCUT2D eigenvalue weighted by Gasteiger charge is 2.37. The lowest BCUT2D eigenvalue weighted by Gasteiger charge is -2.17. The Kier molecular flexibility index (Phi) is 2.26. The Balaban J connectivity index is 1.84. The van der Waals surface area contributed by atoms with Crippen LogP contribution in [0.25, 0.3) is 0 Å². The maximum Gasteiger partial charge on any atom is 0.331 e. The molecule has 0 spiro atoms. The molecule has 0 unspecified atom stereocenters. The molecular weight excluding hydrogens is 234 g/mol. The number of rotatable bonds is 2. The van der Waals surface area contributed by atoms with Gasteiger partial charge in [-0.25, -0.2) is 4.79 Å². The van der Waals surface area contributed by atoms with E-state index < -0.39 is 12.1 Å². The summed E-state index contributed by atoms with van der Waals surface area (Å²) in [5.74, 6) is -1.13. The van der Waals surface area contributed by atoms with Crippen LogP contribution in [-0.2, 0) is 9.53 Å². The van der Waals surface area contributed by atoms with E-state index in [2.05, 4.69) is 0 Å². The molecule has 5 heteroatoms. The number of nitrogens with zero attached hydrogens (tertiary/aromatic N) is 1. The summed E-state index contributed by atoms with van der Waals surface area (Å²) in [5, 5.41) is 0. The lowest BCUT2D eigenvalue weighted by molar-refractivity contribution is -0.138. The number of carbonyl (C=O) groups is 3. The van der Waals surface area contributed by atoms with Gasteiger partial charge >= 0.3 is 5.97 Å². The number of esters is 1. The van der Waals surface area contributed by atoms with Gasteiger partial charge in [-0.2, -0.15) is 0 Å². The molecule has 0 saturated carbocycles. The Labute approximate surface area is 103 Å². The molecule has 2 aliphatic rings. The van der Waals surface area contributed by atoms with Crippen LogP contribution < -0.4 is 0 Å². The maximum absolute atomic E-state index is 12.0. The second-order valence-electron chi connectivity index (χ2n) is 4.10. The van der Waals surface area contributed by atoms with Crippen molar-refractivity contribution in [3.8, 4) is 0 Å². The molecule has 0 radical (unpaired) electrons. The quantitative estimate of drug-likeness (QED) is 0.568. The smallest absolute Gasteiger partial charge is 0.331 e.